The third-order valence-electron chi connectivity index (χ3n) is 3.73. The normalized spacial score (nSPS) is 22.9. The molecule has 0 aromatic heterocycles. The van der Waals surface area contributed by atoms with Crippen molar-refractivity contribution in [2.24, 2.45) is 5.73 Å². The summed E-state index contributed by atoms with van der Waals surface area (Å²) in [5.41, 5.74) is 6.28. The van der Waals surface area contributed by atoms with Crippen LogP contribution in [0.1, 0.15) is 23.2 Å². The second-order valence-corrected chi connectivity index (χ2v) is 6.10. The van der Waals surface area contributed by atoms with Crippen molar-refractivity contribution in [2.45, 2.75) is 25.0 Å². The average Bonchev–Trinajstić information content (AvgIpc) is 2.48. The molecule has 1 heterocycles. The molecule has 2 atom stereocenters. The number of ether oxygens (including phenoxy) is 1. The lowest BCUT2D eigenvalue weighted by atomic mass is 9.98. The van der Waals surface area contributed by atoms with Crippen molar-refractivity contribution < 1.29 is 14.6 Å². The summed E-state index contributed by atoms with van der Waals surface area (Å²) in [6.07, 6.45) is 1.74. The summed E-state index contributed by atoms with van der Waals surface area (Å²) in [6, 6.07) is 4.98. The number of benzene rings is 1. The highest BCUT2D eigenvalue weighted by molar-refractivity contribution is 14.1. The molecule has 2 unspecified atom stereocenters. The number of carbonyl (C=O) groups excluding carboxylic acids is 1. The number of piperidine rings is 1. The molecule has 1 fully saturated rings. The van der Waals surface area contributed by atoms with Crippen molar-refractivity contribution in [3.05, 3.63) is 27.3 Å². The van der Waals surface area contributed by atoms with E-state index >= 15 is 0 Å². The van der Waals surface area contributed by atoms with Crippen LogP contribution in [0, 0.1) is 3.57 Å². The maximum absolute atomic E-state index is 12.5. The van der Waals surface area contributed by atoms with Crippen LogP contribution >= 0.6 is 22.6 Å². The molecule has 5 nitrogen and oxygen atoms in total. The van der Waals surface area contributed by atoms with Gasteiger partial charge in [-0.25, -0.2) is 0 Å². The lowest BCUT2D eigenvalue weighted by Crippen LogP contribution is -2.51. The largest absolute Gasteiger partial charge is 0.507 e. The lowest BCUT2D eigenvalue weighted by Gasteiger charge is -2.38. The summed E-state index contributed by atoms with van der Waals surface area (Å²) < 4.78 is 6.09. The average molecular weight is 390 g/mol. The monoisotopic (exact) mass is 390 g/mol. The minimum Gasteiger partial charge on any atom is -0.507 e. The van der Waals surface area contributed by atoms with E-state index in [1.807, 2.05) is 22.6 Å². The molecule has 1 aromatic rings. The Labute approximate surface area is 132 Å². The maximum atomic E-state index is 12.5. The third-order valence-corrected chi connectivity index (χ3v) is 4.64. The molecule has 0 saturated carbocycles. The highest BCUT2D eigenvalue weighted by atomic mass is 127. The Morgan fingerprint density at radius 3 is 2.95 bits per heavy atom. The summed E-state index contributed by atoms with van der Waals surface area (Å²) in [6.45, 7) is 1.05. The minimum absolute atomic E-state index is 0.0115. The van der Waals surface area contributed by atoms with Crippen molar-refractivity contribution in [3.63, 3.8) is 0 Å². The second kappa shape index (κ2) is 6.73. The molecule has 3 N–H and O–H groups in total. The Kier molecular flexibility index (Phi) is 5.22. The second-order valence-electron chi connectivity index (χ2n) is 4.94. The topological polar surface area (TPSA) is 75.8 Å². The summed E-state index contributed by atoms with van der Waals surface area (Å²) in [5, 5.41) is 9.73. The standard InChI is InChI=1S/C14H19IN2O3/c1-20-11-4-5-17(10(7-11)8-16)14(19)9-2-3-12(15)13(18)6-9/h2-3,6,10-11,18H,4-5,7-8,16H2,1H3. The van der Waals surface area contributed by atoms with Crippen molar-refractivity contribution in [1.29, 1.82) is 0 Å². The van der Waals surface area contributed by atoms with Gasteiger partial charge in [0.05, 0.1) is 9.67 Å². The molecule has 1 saturated heterocycles. The fourth-order valence-corrected chi connectivity index (χ4v) is 2.87. The fourth-order valence-electron chi connectivity index (χ4n) is 2.53. The molecule has 0 spiro atoms. The van der Waals surface area contributed by atoms with Gasteiger partial charge in [-0.3, -0.25) is 4.79 Å². The first-order valence-corrected chi connectivity index (χ1v) is 7.67. The van der Waals surface area contributed by atoms with E-state index in [9.17, 15) is 9.90 Å². The van der Waals surface area contributed by atoms with Crippen LogP contribution in [0.25, 0.3) is 0 Å². The number of aromatic hydroxyl groups is 1. The Bertz CT molecular complexity index is 495. The SMILES string of the molecule is COC1CCN(C(=O)c2ccc(I)c(O)c2)C(CN)C1. The number of methoxy groups -OCH3 is 1. The number of hydrogen-bond donors (Lipinski definition) is 2. The number of halogens is 1. The maximum Gasteiger partial charge on any atom is 0.254 e. The van der Waals surface area contributed by atoms with Gasteiger partial charge < -0.3 is 20.5 Å². The molecule has 1 aliphatic heterocycles. The fraction of sp³-hybridized carbons (Fsp3) is 0.500. The zero-order valence-electron chi connectivity index (χ0n) is 11.4. The van der Waals surface area contributed by atoms with Crippen LogP contribution in [0.5, 0.6) is 5.75 Å². The van der Waals surface area contributed by atoms with E-state index in [-0.39, 0.29) is 23.8 Å². The number of amides is 1. The molecular weight excluding hydrogens is 371 g/mol. The number of phenolic OH excluding ortho intramolecular Hbond substituents is 1. The number of rotatable bonds is 3. The predicted molar refractivity (Wildman–Crippen MR) is 84.7 cm³/mol. The van der Waals surface area contributed by atoms with Crippen molar-refractivity contribution in [3.8, 4) is 5.75 Å². The van der Waals surface area contributed by atoms with Gasteiger partial charge in [-0.05, 0) is 53.6 Å². The Morgan fingerprint density at radius 1 is 1.60 bits per heavy atom. The van der Waals surface area contributed by atoms with Crippen molar-refractivity contribution >= 4 is 28.5 Å². The van der Waals surface area contributed by atoms with Crippen LogP contribution in [0.2, 0.25) is 0 Å². The van der Waals surface area contributed by atoms with Gasteiger partial charge >= 0.3 is 0 Å². The first-order valence-electron chi connectivity index (χ1n) is 6.59. The van der Waals surface area contributed by atoms with Crippen LogP contribution < -0.4 is 5.73 Å². The minimum atomic E-state index is -0.0818. The smallest absolute Gasteiger partial charge is 0.254 e. The van der Waals surface area contributed by atoms with E-state index in [1.165, 1.54) is 6.07 Å². The van der Waals surface area contributed by atoms with Gasteiger partial charge in [0.2, 0.25) is 0 Å². The highest BCUT2D eigenvalue weighted by Gasteiger charge is 2.31. The van der Waals surface area contributed by atoms with Crippen molar-refractivity contribution in [2.75, 3.05) is 20.2 Å². The molecule has 6 heteroatoms. The molecular formula is C14H19IN2O3. The van der Waals surface area contributed by atoms with Gasteiger partial charge in [0.15, 0.2) is 0 Å². The molecule has 1 aromatic carbocycles. The van der Waals surface area contributed by atoms with Crippen LogP contribution in [-0.2, 0) is 4.74 Å². The van der Waals surface area contributed by atoms with Gasteiger partial charge in [-0.2, -0.15) is 0 Å². The zero-order chi connectivity index (χ0) is 14.7. The number of phenols is 1. The quantitative estimate of drug-likeness (QED) is 0.769. The molecule has 0 radical (unpaired) electrons. The number of carbonyl (C=O) groups is 1. The Balaban J connectivity index is 2.17. The Morgan fingerprint density at radius 2 is 2.35 bits per heavy atom. The number of nitrogens with zero attached hydrogens (tertiary/aromatic N) is 1. The van der Waals surface area contributed by atoms with E-state index in [1.54, 1.807) is 24.1 Å². The summed E-state index contributed by atoms with van der Waals surface area (Å²) in [5.74, 6) is 0.0502. The highest BCUT2D eigenvalue weighted by Crippen LogP contribution is 2.25. The van der Waals surface area contributed by atoms with Gasteiger partial charge in [0.25, 0.3) is 5.91 Å². The Hall–Kier alpha value is -0.860. The number of hydrogen-bond acceptors (Lipinski definition) is 4. The number of nitrogens with two attached hydrogens (primary N) is 1. The summed E-state index contributed by atoms with van der Waals surface area (Å²) in [4.78, 5) is 14.3. The molecule has 1 amide bonds. The van der Waals surface area contributed by atoms with Crippen LogP contribution in [-0.4, -0.2) is 48.3 Å². The first-order chi connectivity index (χ1) is 9.56. The van der Waals surface area contributed by atoms with E-state index in [0.29, 0.717) is 18.7 Å². The lowest BCUT2D eigenvalue weighted by molar-refractivity contribution is 0.0139. The van der Waals surface area contributed by atoms with E-state index in [2.05, 4.69) is 0 Å². The summed E-state index contributed by atoms with van der Waals surface area (Å²) >= 11 is 2.03. The molecule has 2 rings (SSSR count). The van der Waals surface area contributed by atoms with Crippen LogP contribution in [0.3, 0.4) is 0 Å². The van der Waals surface area contributed by atoms with Gasteiger partial charge in [-0.1, -0.05) is 0 Å². The molecule has 1 aliphatic rings. The molecule has 20 heavy (non-hydrogen) atoms. The molecule has 0 bridgehead atoms. The number of likely N-dealkylation sites (tertiary alicyclic amines) is 1. The molecule has 110 valence electrons. The van der Waals surface area contributed by atoms with Gasteiger partial charge in [0, 0.05) is 31.8 Å². The van der Waals surface area contributed by atoms with Gasteiger partial charge in [-0.15, -0.1) is 0 Å². The van der Waals surface area contributed by atoms with Crippen LogP contribution in [0.4, 0.5) is 0 Å². The summed E-state index contributed by atoms with van der Waals surface area (Å²) in [7, 11) is 1.69. The molecule has 0 aliphatic carbocycles. The van der Waals surface area contributed by atoms with E-state index in [4.69, 9.17) is 10.5 Å². The van der Waals surface area contributed by atoms with Crippen molar-refractivity contribution in [1.82, 2.24) is 4.90 Å². The predicted octanol–water partition coefficient (Wildman–Crippen LogP) is 1.58. The zero-order valence-corrected chi connectivity index (χ0v) is 13.5. The van der Waals surface area contributed by atoms with E-state index < -0.39 is 0 Å². The van der Waals surface area contributed by atoms with Crippen LogP contribution in [0.15, 0.2) is 18.2 Å². The third kappa shape index (κ3) is 3.24. The van der Waals surface area contributed by atoms with E-state index in [0.717, 1.165) is 16.4 Å². The first kappa shape index (κ1) is 15.5. The van der Waals surface area contributed by atoms with Gasteiger partial charge in [0.1, 0.15) is 5.75 Å².